The third-order valence-corrected chi connectivity index (χ3v) is 6.32. The molecule has 0 bridgehead atoms. The number of aliphatic imine (C=N–C) groups is 1. The fourth-order valence-corrected chi connectivity index (χ4v) is 4.57. The summed E-state index contributed by atoms with van der Waals surface area (Å²) in [5.41, 5.74) is 0. The first-order valence-corrected chi connectivity index (χ1v) is 11.0. The van der Waals surface area contributed by atoms with Gasteiger partial charge in [-0.25, -0.2) is 9.98 Å². The number of hydrogen-bond donors (Lipinski definition) is 2. The quantitative estimate of drug-likeness (QED) is 0.234. The van der Waals surface area contributed by atoms with Crippen molar-refractivity contribution in [3.63, 3.8) is 0 Å². The summed E-state index contributed by atoms with van der Waals surface area (Å²) in [4.78, 5) is 8.66. The smallest absolute Gasteiger partial charge is 0.232 e. The summed E-state index contributed by atoms with van der Waals surface area (Å²) in [6, 6.07) is 3.83. The Morgan fingerprint density at radius 3 is 2.96 bits per heavy atom. The number of pyridine rings is 1. The molecule has 154 valence electrons. The van der Waals surface area contributed by atoms with Crippen molar-refractivity contribution in [1.29, 1.82) is 0 Å². The van der Waals surface area contributed by atoms with Gasteiger partial charge in [0.2, 0.25) is 5.88 Å². The first kappa shape index (κ1) is 24.4. The van der Waals surface area contributed by atoms with Gasteiger partial charge in [-0.1, -0.05) is 24.9 Å². The fourth-order valence-electron chi connectivity index (χ4n) is 3.04. The zero-order valence-electron chi connectivity index (χ0n) is 15.9. The summed E-state index contributed by atoms with van der Waals surface area (Å²) in [7, 11) is -0.723. The molecule has 6 nitrogen and oxygen atoms in total. The topological polar surface area (TPSA) is 75.6 Å². The van der Waals surface area contributed by atoms with Gasteiger partial charge in [-0.15, -0.1) is 24.0 Å². The minimum atomic E-state index is -0.723. The predicted molar refractivity (Wildman–Crippen MR) is 124 cm³/mol. The van der Waals surface area contributed by atoms with Crippen LogP contribution in [0, 0.1) is 0 Å². The Balaban J connectivity index is 0.00000364. The predicted octanol–water partition coefficient (Wildman–Crippen LogP) is 3.37. The number of halogens is 2. The molecular weight excluding hydrogens is 499 g/mol. The monoisotopic (exact) mass is 528 g/mol. The molecule has 0 radical (unpaired) electrons. The van der Waals surface area contributed by atoms with Crippen LogP contribution < -0.4 is 15.4 Å². The van der Waals surface area contributed by atoms with Crippen LogP contribution in [0.2, 0.25) is 5.02 Å². The summed E-state index contributed by atoms with van der Waals surface area (Å²) < 4.78 is 17.7. The van der Waals surface area contributed by atoms with E-state index in [9.17, 15) is 4.21 Å². The second-order valence-electron chi connectivity index (χ2n) is 6.20. The van der Waals surface area contributed by atoms with Gasteiger partial charge >= 0.3 is 0 Å². The molecule has 9 heteroatoms. The van der Waals surface area contributed by atoms with E-state index in [4.69, 9.17) is 16.3 Å². The van der Waals surface area contributed by atoms with Crippen LogP contribution in [0.4, 0.5) is 0 Å². The van der Waals surface area contributed by atoms with Crippen LogP contribution in [0.25, 0.3) is 0 Å². The Labute approximate surface area is 186 Å². The van der Waals surface area contributed by atoms with Crippen LogP contribution in [-0.2, 0) is 10.8 Å². The Kier molecular flexibility index (Phi) is 12.3. The highest BCUT2D eigenvalue weighted by molar-refractivity contribution is 14.0. The van der Waals surface area contributed by atoms with E-state index in [0.29, 0.717) is 35.3 Å². The Hall–Kier alpha value is -0.610. The first-order valence-electron chi connectivity index (χ1n) is 9.29. The highest BCUT2D eigenvalue weighted by Crippen LogP contribution is 2.23. The van der Waals surface area contributed by atoms with E-state index in [1.165, 1.54) is 0 Å². The maximum atomic E-state index is 12.1. The van der Waals surface area contributed by atoms with Crippen molar-refractivity contribution >= 4 is 52.3 Å². The largest absolute Gasteiger partial charge is 0.475 e. The van der Waals surface area contributed by atoms with Gasteiger partial charge in [0, 0.05) is 40.6 Å². The second kappa shape index (κ2) is 13.5. The minimum absolute atomic E-state index is 0. The van der Waals surface area contributed by atoms with E-state index in [2.05, 4.69) is 20.6 Å². The minimum Gasteiger partial charge on any atom is -0.475 e. The molecule has 27 heavy (non-hydrogen) atoms. The van der Waals surface area contributed by atoms with E-state index in [-0.39, 0.29) is 24.0 Å². The third-order valence-electron chi connectivity index (χ3n) is 4.29. The van der Waals surface area contributed by atoms with Crippen molar-refractivity contribution in [3.8, 4) is 5.88 Å². The van der Waals surface area contributed by atoms with Gasteiger partial charge in [0.05, 0.1) is 6.54 Å². The average Bonchev–Trinajstić information content (AvgIpc) is 2.66. The van der Waals surface area contributed by atoms with Crippen molar-refractivity contribution in [2.24, 2.45) is 4.99 Å². The van der Waals surface area contributed by atoms with Crippen LogP contribution >= 0.6 is 35.6 Å². The van der Waals surface area contributed by atoms with Gasteiger partial charge in [-0.2, -0.15) is 0 Å². The maximum Gasteiger partial charge on any atom is 0.232 e. The number of nitrogens with one attached hydrogen (secondary N) is 2. The SMILES string of the molecule is CCNC(=NCCOc1ncccc1Cl)NC1CCCC(S(=O)CC)C1.I. The molecule has 0 aliphatic heterocycles. The molecule has 3 unspecified atom stereocenters. The number of hydrogen-bond acceptors (Lipinski definition) is 4. The van der Waals surface area contributed by atoms with Crippen LogP contribution in [0.3, 0.4) is 0 Å². The molecule has 3 atom stereocenters. The lowest BCUT2D eigenvalue weighted by atomic mass is 9.95. The van der Waals surface area contributed by atoms with E-state index in [1.54, 1.807) is 18.3 Å². The average molecular weight is 529 g/mol. The van der Waals surface area contributed by atoms with Crippen LogP contribution in [0.15, 0.2) is 23.3 Å². The number of guanidine groups is 1. The lowest BCUT2D eigenvalue weighted by Gasteiger charge is -2.30. The summed E-state index contributed by atoms with van der Waals surface area (Å²) in [6.45, 7) is 5.72. The molecule has 1 saturated carbocycles. The molecule has 0 spiro atoms. The molecule has 0 aromatic carbocycles. The lowest BCUT2D eigenvalue weighted by molar-refractivity contribution is 0.316. The second-order valence-corrected chi connectivity index (χ2v) is 8.61. The van der Waals surface area contributed by atoms with Gasteiger partial charge in [0.1, 0.15) is 11.6 Å². The molecule has 1 fully saturated rings. The Morgan fingerprint density at radius 1 is 1.44 bits per heavy atom. The normalized spacial score (nSPS) is 21.1. The molecule has 0 amide bonds. The molecule has 1 aliphatic carbocycles. The van der Waals surface area contributed by atoms with Crippen molar-refractivity contribution in [2.45, 2.75) is 50.8 Å². The maximum absolute atomic E-state index is 12.1. The summed E-state index contributed by atoms with van der Waals surface area (Å²) in [6.07, 6.45) is 5.84. The van der Waals surface area contributed by atoms with Crippen molar-refractivity contribution in [2.75, 3.05) is 25.4 Å². The van der Waals surface area contributed by atoms with Gasteiger partial charge < -0.3 is 15.4 Å². The number of ether oxygens (including phenoxy) is 1. The number of rotatable bonds is 8. The molecule has 2 rings (SSSR count). The van der Waals surface area contributed by atoms with Crippen LogP contribution in [-0.4, -0.2) is 51.9 Å². The van der Waals surface area contributed by atoms with Gasteiger partial charge in [0.15, 0.2) is 5.96 Å². The number of nitrogens with zero attached hydrogens (tertiary/aromatic N) is 2. The lowest BCUT2D eigenvalue weighted by Crippen LogP contribution is -2.46. The van der Waals surface area contributed by atoms with Crippen molar-refractivity contribution in [1.82, 2.24) is 15.6 Å². The van der Waals surface area contributed by atoms with E-state index < -0.39 is 10.8 Å². The highest BCUT2D eigenvalue weighted by atomic mass is 127. The zero-order chi connectivity index (χ0) is 18.8. The fraction of sp³-hybridized carbons (Fsp3) is 0.667. The zero-order valence-corrected chi connectivity index (χ0v) is 19.9. The van der Waals surface area contributed by atoms with E-state index >= 15 is 0 Å². The first-order chi connectivity index (χ1) is 12.6. The highest BCUT2D eigenvalue weighted by Gasteiger charge is 2.25. The van der Waals surface area contributed by atoms with Gasteiger partial charge in [-0.05, 0) is 38.3 Å². The summed E-state index contributed by atoms with van der Waals surface area (Å²) in [5, 5.41) is 7.54. The van der Waals surface area contributed by atoms with Crippen molar-refractivity contribution < 1.29 is 8.95 Å². The molecular formula is C18H30ClIN4O2S. The van der Waals surface area contributed by atoms with E-state index in [1.807, 2.05) is 13.8 Å². The molecule has 2 N–H and O–H groups in total. The third kappa shape index (κ3) is 8.51. The Morgan fingerprint density at radius 2 is 2.26 bits per heavy atom. The molecule has 1 aromatic rings. The van der Waals surface area contributed by atoms with Gasteiger partial charge in [-0.3, -0.25) is 4.21 Å². The summed E-state index contributed by atoms with van der Waals surface area (Å²) >= 11 is 6.02. The molecule has 1 heterocycles. The van der Waals surface area contributed by atoms with E-state index in [0.717, 1.165) is 43.9 Å². The van der Waals surface area contributed by atoms with Gasteiger partial charge in [0.25, 0.3) is 0 Å². The van der Waals surface area contributed by atoms with Crippen molar-refractivity contribution in [3.05, 3.63) is 23.4 Å². The number of aromatic nitrogens is 1. The standard InChI is InChI=1S/C18H29ClN4O2S.HI/c1-3-20-18(22-11-12-25-17-16(19)9-6-10-21-17)23-14-7-5-8-15(13-14)26(24)4-2;/h6,9-10,14-15H,3-5,7-8,11-13H2,1-2H3,(H2,20,22,23);1H. The van der Waals surface area contributed by atoms with Crippen LogP contribution in [0.1, 0.15) is 39.5 Å². The molecule has 1 aromatic heterocycles. The van der Waals surface area contributed by atoms with Crippen LogP contribution in [0.5, 0.6) is 5.88 Å². The summed E-state index contributed by atoms with van der Waals surface area (Å²) in [5.74, 6) is 1.94. The molecule has 1 aliphatic rings. The Bertz CT molecular complexity index is 621. The molecule has 0 saturated heterocycles.